The molecule has 0 rings (SSSR count). The van der Waals surface area contributed by atoms with Gasteiger partial charge in [0, 0.05) is 17.8 Å². The third-order valence-corrected chi connectivity index (χ3v) is 17.3. The van der Waals surface area contributed by atoms with Gasteiger partial charge in [0.05, 0.1) is 41.0 Å². The highest BCUT2D eigenvalue weighted by Gasteiger charge is 2.43. The summed E-state index contributed by atoms with van der Waals surface area (Å²) in [6, 6.07) is 2.16. The van der Waals surface area contributed by atoms with Crippen molar-refractivity contribution in [1.29, 1.82) is 0 Å². The van der Waals surface area contributed by atoms with Crippen molar-refractivity contribution in [3.63, 3.8) is 0 Å². The van der Waals surface area contributed by atoms with Crippen LogP contribution in [-0.2, 0) is 32.0 Å². The van der Waals surface area contributed by atoms with E-state index in [1.165, 1.54) is 0 Å². The lowest BCUT2D eigenvalue weighted by atomic mass is 10.4. The summed E-state index contributed by atoms with van der Waals surface area (Å²) in [6.07, 6.45) is 0.851. The lowest BCUT2D eigenvalue weighted by Crippen LogP contribution is -2.54. The van der Waals surface area contributed by atoms with Gasteiger partial charge in [-0.05, 0) is 71.1 Å². The molecule has 0 fully saturated rings. The summed E-state index contributed by atoms with van der Waals surface area (Å²) in [5.74, 6) is -0.750. The van der Waals surface area contributed by atoms with E-state index < -0.39 is 25.2 Å². The maximum atomic E-state index is 11.8. The number of rotatable bonds is 19. The molecule has 0 aromatic heterocycles. The normalized spacial score (nSPS) is 12.8. The number of quaternary nitrogens is 1. The van der Waals surface area contributed by atoms with E-state index in [1.807, 2.05) is 0 Å². The van der Waals surface area contributed by atoms with Crippen LogP contribution in [0.4, 0.5) is 0 Å². The molecule has 0 atom stereocenters. The molecule has 0 aliphatic carbocycles. The Labute approximate surface area is 223 Å². The van der Waals surface area contributed by atoms with E-state index in [9.17, 15) is 9.59 Å². The zero-order valence-electron chi connectivity index (χ0n) is 24.6. The summed E-state index contributed by atoms with van der Waals surface area (Å²) >= 11 is 0. The molecule has 0 unspecified atom stereocenters. The minimum atomic E-state index is -2.59. The third-order valence-electron chi connectivity index (χ3n) is 5.38. The second-order valence-electron chi connectivity index (χ2n) is 11.9. The first kappa shape index (κ1) is 34.9. The molecular weight excluding hydrogens is 511 g/mol. The molecule has 0 aliphatic rings. The highest BCUT2D eigenvalue weighted by Crippen LogP contribution is 2.29. The van der Waals surface area contributed by atoms with Gasteiger partial charge in [-0.1, -0.05) is 13.2 Å². The van der Waals surface area contributed by atoms with Gasteiger partial charge in [0.1, 0.15) is 6.54 Å². The van der Waals surface area contributed by atoms with E-state index in [0.29, 0.717) is 49.7 Å². The fourth-order valence-electron chi connectivity index (χ4n) is 3.36. The molecule has 0 saturated heterocycles. The van der Waals surface area contributed by atoms with Gasteiger partial charge >= 0.3 is 20.5 Å². The largest absolute Gasteiger partial charge is 0.463 e. The molecule has 0 saturated carbocycles. The maximum Gasteiger partial charge on any atom is 0.333 e. The first-order valence-electron chi connectivity index (χ1n) is 12.7. The molecule has 0 bridgehead atoms. The number of nitrogens with zero attached hydrogens (tertiary/aromatic N) is 1. The lowest BCUT2D eigenvalue weighted by Gasteiger charge is -2.40. The molecule has 0 spiro atoms. The first-order chi connectivity index (χ1) is 16.3. The van der Waals surface area contributed by atoms with Gasteiger partial charge in [0.25, 0.3) is 0 Å². The van der Waals surface area contributed by atoms with E-state index in [-0.39, 0.29) is 11.9 Å². The van der Waals surface area contributed by atoms with Crippen LogP contribution in [0.1, 0.15) is 20.3 Å². The molecule has 0 N–H and O–H groups in total. The van der Waals surface area contributed by atoms with E-state index in [4.69, 9.17) is 22.4 Å². The summed E-state index contributed by atoms with van der Waals surface area (Å²) in [4.78, 5) is 23.5. The average molecular weight is 563 g/mol. The quantitative estimate of drug-likeness (QED) is 0.0732. The van der Waals surface area contributed by atoms with Crippen molar-refractivity contribution >= 4 is 37.1 Å². The van der Waals surface area contributed by atoms with Gasteiger partial charge in [0.15, 0.2) is 16.6 Å². The molecule has 11 heteroatoms. The van der Waals surface area contributed by atoms with Crippen molar-refractivity contribution in [1.82, 2.24) is 0 Å². The van der Waals surface area contributed by atoms with Crippen LogP contribution in [0.5, 0.6) is 0 Å². The van der Waals surface area contributed by atoms with Crippen molar-refractivity contribution in [3.05, 3.63) is 24.3 Å². The molecule has 0 heterocycles. The Kier molecular flexibility index (Phi) is 14.9. The number of hydrogen-bond acceptors (Lipinski definition) is 7. The molecule has 36 heavy (non-hydrogen) atoms. The summed E-state index contributed by atoms with van der Waals surface area (Å²) in [5, 5.41) is 0. The average Bonchev–Trinajstić information content (AvgIpc) is 2.68. The molecule has 0 aromatic carbocycles. The van der Waals surface area contributed by atoms with Crippen molar-refractivity contribution in [2.75, 3.05) is 54.1 Å². The van der Waals surface area contributed by atoms with Gasteiger partial charge in [-0.15, -0.1) is 0 Å². The Hall–Kier alpha value is -1.09. The first-order valence-corrected chi connectivity index (χ1v) is 21.5. The Morgan fingerprint density at radius 1 is 0.694 bits per heavy atom. The fourth-order valence-corrected chi connectivity index (χ4v) is 16.9. The summed E-state index contributed by atoms with van der Waals surface area (Å²) < 4.78 is 31.0. The molecule has 0 aromatic rings. The number of hydrogen-bond donors (Lipinski definition) is 0. The van der Waals surface area contributed by atoms with Crippen LogP contribution >= 0.6 is 0 Å². The fraction of sp³-hybridized carbons (Fsp3) is 0.760. The van der Waals surface area contributed by atoms with Gasteiger partial charge in [-0.3, -0.25) is 0 Å². The predicted molar refractivity (Wildman–Crippen MR) is 153 cm³/mol. The summed E-state index contributed by atoms with van der Waals surface area (Å²) in [7, 11) is -0.531. The topological polar surface area (TPSA) is 80.3 Å². The van der Waals surface area contributed by atoms with Gasteiger partial charge in [0.2, 0.25) is 0 Å². The van der Waals surface area contributed by atoms with Crippen LogP contribution in [0, 0.1) is 0 Å². The van der Waals surface area contributed by atoms with Crippen LogP contribution in [0.15, 0.2) is 24.3 Å². The standard InChI is InChI=1S/C25H52NO7Si3/c1-22(2)24(27)30-17-20-34(8,9)32-36(12,19-13-15-29-16-14-26(5,6)7)33-35(10,11)21-18-31-25(28)23(3)4/h1,3,13-21H2,2,4-12H3/q+1. The smallest absolute Gasteiger partial charge is 0.333 e. The van der Waals surface area contributed by atoms with E-state index in [2.05, 4.69) is 67.0 Å². The number of carbonyl (C=O) groups is 2. The monoisotopic (exact) mass is 562 g/mol. The van der Waals surface area contributed by atoms with Gasteiger partial charge in [-0.25, -0.2) is 9.59 Å². The molecule has 0 amide bonds. The van der Waals surface area contributed by atoms with Crippen LogP contribution < -0.4 is 0 Å². The van der Waals surface area contributed by atoms with Crippen molar-refractivity contribution in [2.45, 2.75) is 71.1 Å². The molecular formula is C25H52NO7Si3+. The second-order valence-corrected chi connectivity index (χ2v) is 24.4. The van der Waals surface area contributed by atoms with Gasteiger partial charge < -0.3 is 26.9 Å². The van der Waals surface area contributed by atoms with Crippen molar-refractivity contribution in [2.24, 2.45) is 0 Å². The second kappa shape index (κ2) is 15.4. The minimum absolute atomic E-state index is 0.307. The Balaban J connectivity index is 5.17. The Bertz CT molecular complexity index is 702. The van der Waals surface area contributed by atoms with E-state index in [1.54, 1.807) is 13.8 Å². The highest BCUT2D eigenvalue weighted by molar-refractivity contribution is 6.88. The van der Waals surface area contributed by atoms with Gasteiger partial charge in [-0.2, -0.15) is 0 Å². The number of likely N-dealkylation sites (N-methyl/N-ethyl adjacent to an activating group) is 1. The van der Waals surface area contributed by atoms with Crippen molar-refractivity contribution in [3.8, 4) is 0 Å². The third kappa shape index (κ3) is 17.4. The van der Waals surface area contributed by atoms with E-state index >= 15 is 0 Å². The number of carbonyl (C=O) groups excluding carboxylic acids is 2. The molecule has 0 radical (unpaired) electrons. The van der Waals surface area contributed by atoms with E-state index in [0.717, 1.165) is 23.5 Å². The molecule has 0 aliphatic heterocycles. The SMILES string of the molecule is C=C(C)C(=O)OCC[Si](C)(C)O[Si](C)(CCCOCC[N+](C)(C)C)O[Si](C)(C)CCOC(=O)C(=C)C. The van der Waals surface area contributed by atoms with Crippen LogP contribution in [0.3, 0.4) is 0 Å². The zero-order chi connectivity index (χ0) is 28.2. The Morgan fingerprint density at radius 3 is 1.47 bits per heavy atom. The number of ether oxygens (including phenoxy) is 3. The zero-order valence-corrected chi connectivity index (χ0v) is 27.6. The molecule has 8 nitrogen and oxygen atoms in total. The van der Waals surface area contributed by atoms with Crippen LogP contribution in [-0.4, -0.2) is 95.7 Å². The maximum absolute atomic E-state index is 11.8. The summed E-state index contributed by atoms with van der Waals surface area (Å²) in [5.41, 5.74) is 0.784. The minimum Gasteiger partial charge on any atom is -0.463 e. The summed E-state index contributed by atoms with van der Waals surface area (Å²) in [6.45, 7) is 24.2. The molecule has 210 valence electrons. The Morgan fingerprint density at radius 2 is 1.11 bits per heavy atom. The number of esters is 2. The van der Waals surface area contributed by atoms with Crippen molar-refractivity contribution < 1.29 is 36.5 Å². The predicted octanol–water partition coefficient (Wildman–Crippen LogP) is 4.85. The van der Waals surface area contributed by atoms with Crippen LogP contribution in [0.2, 0.25) is 50.9 Å². The lowest BCUT2D eigenvalue weighted by molar-refractivity contribution is -0.870. The van der Waals surface area contributed by atoms with Crippen LogP contribution in [0.25, 0.3) is 0 Å². The highest BCUT2D eigenvalue weighted by atomic mass is 28.5.